The Bertz CT molecular complexity index is 841. The zero-order valence-electron chi connectivity index (χ0n) is 18.8. The smallest absolute Gasteiger partial charge is 0.433 e. The van der Waals surface area contributed by atoms with Crippen molar-refractivity contribution >= 4 is 6.09 Å². The van der Waals surface area contributed by atoms with E-state index in [0.717, 1.165) is 6.42 Å². The van der Waals surface area contributed by atoms with Gasteiger partial charge in [-0.1, -0.05) is 13.8 Å². The predicted octanol–water partition coefficient (Wildman–Crippen LogP) is 1.81. The van der Waals surface area contributed by atoms with Gasteiger partial charge in [0.1, 0.15) is 18.3 Å². The van der Waals surface area contributed by atoms with Crippen molar-refractivity contribution in [3.8, 4) is 0 Å². The number of piperidine rings is 1. The van der Waals surface area contributed by atoms with Gasteiger partial charge < -0.3 is 20.6 Å². The predicted molar refractivity (Wildman–Crippen MR) is 112 cm³/mol. The largest absolute Gasteiger partial charge is 0.465 e. The van der Waals surface area contributed by atoms with Gasteiger partial charge in [0.15, 0.2) is 5.69 Å². The number of amides is 1. The molecule has 0 radical (unpaired) electrons. The monoisotopic (exact) mass is 475 g/mol. The Balaban J connectivity index is 1.72. The molecule has 2 aliphatic rings. The molecule has 4 N–H and O–H groups in total. The van der Waals surface area contributed by atoms with Crippen LogP contribution in [0, 0.1) is 5.92 Å². The fraction of sp³-hybridized carbons (Fsp3) is 0.762. The number of nitrogens with one attached hydrogen (secondary N) is 1. The van der Waals surface area contributed by atoms with Crippen LogP contribution < -0.4 is 5.32 Å². The standard InChI is InChI=1S/C21H32F3N5O4/c1-3-16-26-15-11-28(7-6-14(15)19(27-16)21(22,23)24)18(31)8-13(25-20(32)33)10-29-9-12(2)4-5-17(29)30/h12-13,17-18,25,30-31H,3-11H2,1-2H3,(H,32,33)/t12-,13+,17?,18?/m1/s1. The first-order valence-corrected chi connectivity index (χ1v) is 11.3. The number of halogens is 3. The number of hydrogen-bond acceptors (Lipinski definition) is 7. The third kappa shape index (κ3) is 6.52. The molecule has 186 valence electrons. The number of likely N-dealkylation sites (tertiary alicyclic amines) is 1. The van der Waals surface area contributed by atoms with Crippen LogP contribution in [-0.2, 0) is 25.6 Å². The number of aryl methyl sites for hydroxylation is 1. The van der Waals surface area contributed by atoms with Crippen molar-refractivity contribution in [3.05, 3.63) is 22.8 Å². The molecule has 2 unspecified atom stereocenters. The minimum atomic E-state index is -4.58. The molecular formula is C21H32F3N5O4. The summed E-state index contributed by atoms with van der Waals surface area (Å²) in [7, 11) is 0. The second kappa shape index (κ2) is 10.5. The van der Waals surface area contributed by atoms with Crippen molar-refractivity contribution in [1.29, 1.82) is 0 Å². The zero-order valence-corrected chi connectivity index (χ0v) is 18.8. The van der Waals surface area contributed by atoms with Crippen molar-refractivity contribution in [3.63, 3.8) is 0 Å². The lowest BCUT2D eigenvalue weighted by Gasteiger charge is -2.39. The normalized spacial score (nSPS) is 24.2. The summed E-state index contributed by atoms with van der Waals surface area (Å²) in [4.78, 5) is 22.6. The lowest BCUT2D eigenvalue weighted by molar-refractivity contribution is -0.142. The summed E-state index contributed by atoms with van der Waals surface area (Å²) in [5.74, 6) is 0.453. The highest BCUT2D eigenvalue weighted by molar-refractivity contribution is 5.64. The molecule has 0 spiro atoms. The number of alkyl halides is 3. The van der Waals surface area contributed by atoms with Crippen LogP contribution in [0.1, 0.15) is 55.9 Å². The number of carbonyl (C=O) groups is 1. The summed E-state index contributed by atoms with van der Waals surface area (Å²) < 4.78 is 40.4. The Morgan fingerprint density at radius 1 is 1.30 bits per heavy atom. The van der Waals surface area contributed by atoms with E-state index < -0.39 is 36.5 Å². The van der Waals surface area contributed by atoms with Gasteiger partial charge in [-0.15, -0.1) is 0 Å². The second-order valence-electron chi connectivity index (χ2n) is 8.97. The molecule has 12 heteroatoms. The molecule has 4 atom stereocenters. The molecule has 1 aromatic heterocycles. The summed E-state index contributed by atoms with van der Waals surface area (Å²) in [5.41, 5.74) is -0.631. The Morgan fingerprint density at radius 2 is 2.03 bits per heavy atom. The number of aliphatic hydroxyl groups excluding tert-OH is 2. The molecule has 1 fully saturated rings. The van der Waals surface area contributed by atoms with Crippen LogP contribution in [0.2, 0.25) is 0 Å². The van der Waals surface area contributed by atoms with Crippen LogP contribution in [0.15, 0.2) is 0 Å². The highest BCUT2D eigenvalue weighted by Gasteiger charge is 2.39. The van der Waals surface area contributed by atoms with Crippen molar-refractivity contribution in [1.82, 2.24) is 25.1 Å². The van der Waals surface area contributed by atoms with Gasteiger partial charge in [-0.25, -0.2) is 14.8 Å². The number of carboxylic acid groups (broad SMARTS) is 1. The first-order valence-electron chi connectivity index (χ1n) is 11.3. The zero-order chi connectivity index (χ0) is 24.3. The van der Waals surface area contributed by atoms with E-state index in [0.29, 0.717) is 18.9 Å². The Morgan fingerprint density at radius 3 is 2.67 bits per heavy atom. The van der Waals surface area contributed by atoms with Crippen molar-refractivity contribution in [2.45, 2.75) is 77.2 Å². The average Bonchev–Trinajstić information content (AvgIpc) is 2.73. The molecule has 0 aromatic carbocycles. The van der Waals surface area contributed by atoms with Gasteiger partial charge in [0.05, 0.1) is 5.69 Å². The molecule has 0 saturated carbocycles. The topological polar surface area (TPSA) is 122 Å². The number of rotatable bonds is 7. The number of fused-ring (bicyclic) bond motifs is 1. The van der Waals surface area contributed by atoms with E-state index in [1.807, 2.05) is 0 Å². The lowest BCUT2D eigenvalue weighted by Crippen LogP contribution is -2.52. The van der Waals surface area contributed by atoms with Gasteiger partial charge in [-0.2, -0.15) is 13.2 Å². The first-order chi connectivity index (χ1) is 15.5. The molecular weight excluding hydrogens is 443 g/mol. The van der Waals surface area contributed by atoms with E-state index in [1.54, 1.807) is 16.7 Å². The van der Waals surface area contributed by atoms with Crippen LogP contribution >= 0.6 is 0 Å². The highest BCUT2D eigenvalue weighted by Crippen LogP contribution is 2.34. The maximum atomic E-state index is 13.5. The van der Waals surface area contributed by atoms with Gasteiger partial charge in [-0.05, 0) is 25.2 Å². The van der Waals surface area contributed by atoms with Gasteiger partial charge in [0.25, 0.3) is 0 Å². The average molecular weight is 476 g/mol. The Hall–Kier alpha value is -2.02. The van der Waals surface area contributed by atoms with Gasteiger partial charge >= 0.3 is 12.3 Å². The molecule has 33 heavy (non-hydrogen) atoms. The van der Waals surface area contributed by atoms with Crippen LogP contribution in [0.3, 0.4) is 0 Å². The molecule has 2 aliphatic heterocycles. The minimum absolute atomic E-state index is 0.0122. The molecule has 3 rings (SSSR count). The second-order valence-corrected chi connectivity index (χ2v) is 8.97. The number of aliphatic hydroxyl groups is 2. The molecule has 0 bridgehead atoms. The van der Waals surface area contributed by atoms with Crippen molar-refractivity contribution in [2.75, 3.05) is 19.6 Å². The molecule has 3 heterocycles. The van der Waals surface area contributed by atoms with E-state index in [4.69, 9.17) is 0 Å². The van der Waals surface area contributed by atoms with Crippen LogP contribution in [0.4, 0.5) is 18.0 Å². The summed E-state index contributed by atoms with van der Waals surface area (Å²) in [6.07, 6.45) is -5.82. The van der Waals surface area contributed by atoms with Crippen LogP contribution in [0.25, 0.3) is 0 Å². The van der Waals surface area contributed by atoms with Gasteiger partial charge in [0, 0.05) is 50.6 Å². The van der Waals surface area contributed by atoms with E-state index in [9.17, 15) is 33.3 Å². The summed E-state index contributed by atoms with van der Waals surface area (Å²) >= 11 is 0. The summed E-state index contributed by atoms with van der Waals surface area (Å²) in [6, 6.07) is -0.666. The third-order valence-corrected chi connectivity index (χ3v) is 6.31. The fourth-order valence-electron chi connectivity index (χ4n) is 4.61. The molecule has 1 saturated heterocycles. The Kier molecular flexibility index (Phi) is 8.14. The first kappa shape index (κ1) is 25.6. The molecule has 0 aliphatic carbocycles. The fourth-order valence-corrected chi connectivity index (χ4v) is 4.61. The van der Waals surface area contributed by atoms with Gasteiger partial charge in [0.2, 0.25) is 0 Å². The molecule has 9 nitrogen and oxygen atoms in total. The van der Waals surface area contributed by atoms with Gasteiger partial charge in [-0.3, -0.25) is 9.80 Å². The maximum Gasteiger partial charge on any atom is 0.433 e. The Labute approximate surface area is 190 Å². The van der Waals surface area contributed by atoms with Crippen LogP contribution in [-0.4, -0.2) is 79.3 Å². The number of nitrogens with zero attached hydrogens (tertiary/aromatic N) is 4. The van der Waals surface area contributed by atoms with E-state index in [2.05, 4.69) is 22.2 Å². The van der Waals surface area contributed by atoms with E-state index in [-0.39, 0.29) is 56.0 Å². The highest BCUT2D eigenvalue weighted by atomic mass is 19.4. The maximum absolute atomic E-state index is 13.5. The number of hydrogen-bond donors (Lipinski definition) is 4. The third-order valence-electron chi connectivity index (χ3n) is 6.31. The quantitative estimate of drug-likeness (QED) is 0.471. The van der Waals surface area contributed by atoms with E-state index >= 15 is 0 Å². The summed E-state index contributed by atoms with van der Waals surface area (Å²) in [5, 5.41) is 32.7. The summed E-state index contributed by atoms with van der Waals surface area (Å²) in [6.45, 7) is 4.74. The molecule has 1 amide bonds. The minimum Gasteiger partial charge on any atom is -0.465 e. The van der Waals surface area contributed by atoms with E-state index in [1.165, 1.54) is 0 Å². The van der Waals surface area contributed by atoms with Crippen LogP contribution in [0.5, 0.6) is 0 Å². The van der Waals surface area contributed by atoms with Crippen molar-refractivity contribution in [2.24, 2.45) is 5.92 Å². The SMILES string of the molecule is CCc1nc2c(c(C(F)(F)F)n1)CCN(C(O)C[C@@H](CN1C[C@H](C)CCC1O)NC(=O)O)C2. The van der Waals surface area contributed by atoms with Crippen molar-refractivity contribution < 1.29 is 33.3 Å². The lowest BCUT2D eigenvalue weighted by atomic mass is 9.97. The molecule has 1 aromatic rings. The number of aromatic nitrogens is 2.